The summed E-state index contributed by atoms with van der Waals surface area (Å²) in [5, 5.41) is 89.6. The number of alkyl halides is 3. The van der Waals surface area contributed by atoms with E-state index >= 15 is 0 Å². The zero-order valence-corrected chi connectivity index (χ0v) is 53.3. The Morgan fingerprint density at radius 3 is 1.09 bits per heavy atom. The fourth-order valence-corrected chi connectivity index (χ4v) is 16.6. The van der Waals surface area contributed by atoms with Crippen LogP contribution < -0.4 is 56.2 Å². The van der Waals surface area contributed by atoms with E-state index in [0.29, 0.717) is 31.9 Å². The molecule has 0 spiro atoms. The standard InChI is InChI=1S/C12H14N2O4S.C11H12N2O4S.C10H11F3N2O4S.C9H11BrN2O4S.C9H11ClN2O4S/c1-2-3-7-5-14(12(18)13-11(7)17)10-4-8(16)9(6-15)19-10;1-2-6-4-13(11(17)12-10(6)16)9-3-7(15)8(5-14)18-9;11-10(12,13)4-2-15(9(19)14-8(4)18)7-1-5(17)6(3-16)20-7;2*10-4-2-12(9(16)11-8(4)15)7-1-5(14)6(3-13)17-7/h5,8-10,15-16H,4,6H2,1H3,(H,13,17,18);1,4,7-9,14-15H,3,5H2,(H,12,16,17);2,5-7,16-17H,1,3H2,(H,14,18,19);2*2,5-7,13-14H,1,3H2,(H,11,15,16)/t8-,9+,10+;7-,8+,9+;3*5-,6+,7+/m00000/s1. The van der Waals surface area contributed by atoms with Crippen LogP contribution in [-0.2, 0) is 6.18 Å². The highest BCUT2D eigenvalue weighted by molar-refractivity contribution is 9.10. The van der Waals surface area contributed by atoms with Crippen LogP contribution in [0.4, 0.5) is 13.2 Å². The molecular weight excluding hydrogens is 1410 g/mol. The summed E-state index contributed by atoms with van der Waals surface area (Å²) < 4.78 is 44.2. The fraction of sp³-hybridized carbons (Fsp3) is 0.529. The quantitative estimate of drug-likeness (QED) is 0.0631. The van der Waals surface area contributed by atoms with Crippen molar-refractivity contribution in [3.05, 3.63) is 161 Å². The van der Waals surface area contributed by atoms with Crippen molar-refractivity contribution >= 4 is 86.3 Å². The van der Waals surface area contributed by atoms with Crippen LogP contribution >= 0.6 is 86.3 Å². The van der Waals surface area contributed by atoms with Gasteiger partial charge < -0.3 is 51.1 Å². The number of thioether (sulfide) groups is 5. The first kappa shape index (κ1) is 74.5. The predicted molar refractivity (Wildman–Crippen MR) is 335 cm³/mol. The van der Waals surface area contributed by atoms with Gasteiger partial charge in [0, 0.05) is 63.1 Å². The van der Waals surface area contributed by atoms with E-state index in [1.807, 2.05) is 0 Å². The Balaban J connectivity index is 0.000000181. The molecule has 498 valence electrons. The number of aromatic amines is 5. The molecule has 15 atom stereocenters. The topological polar surface area (TPSA) is 477 Å². The average Bonchev–Trinajstić information content (AvgIpc) is 1.95. The monoisotopic (exact) mass is 1460 g/mol. The first-order valence-electron chi connectivity index (χ1n) is 26.7. The smallest absolute Gasteiger partial charge is 0.395 e. The van der Waals surface area contributed by atoms with Crippen LogP contribution in [0.15, 0.2) is 83.4 Å². The highest BCUT2D eigenvalue weighted by atomic mass is 79.9. The van der Waals surface area contributed by atoms with Crippen molar-refractivity contribution in [2.45, 2.75) is 129 Å². The summed E-state index contributed by atoms with van der Waals surface area (Å²) >= 11 is 14.9. The molecule has 5 fully saturated rings. The molecule has 0 saturated carbocycles. The molecule has 40 heteroatoms. The van der Waals surface area contributed by atoms with E-state index in [2.05, 4.69) is 53.6 Å². The van der Waals surface area contributed by atoms with Gasteiger partial charge in [-0.1, -0.05) is 23.4 Å². The Morgan fingerprint density at radius 2 is 0.769 bits per heavy atom. The highest BCUT2D eigenvalue weighted by Crippen LogP contribution is 2.44. The molecule has 5 aromatic rings. The van der Waals surface area contributed by atoms with Crippen molar-refractivity contribution in [2.24, 2.45) is 0 Å². The number of nitrogens with one attached hydrogen (secondary N) is 5. The number of H-pyrrole nitrogens is 5. The number of hydrogen-bond donors (Lipinski definition) is 15. The summed E-state index contributed by atoms with van der Waals surface area (Å²) in [4.78, 5) is 125. The van der Waals surface area contributed by atoms with Crippen LogP contribution in [0.2, 0.25) is 5.02 Å². The van der Waals surface area contributed by atoms with Crippen LogP contribution in [0.3, 0.4) is 0 Å². The Labute approximate surface area is 542 Å². The van der Waals surface area contributed by atoms with Gasteiger partial charge in [-0.15, -0.1) is 71.2 Å². The van der Waals surface area contributed by atoms with Gasteiger partial charge in [0.15, 0.2) is 0 Å². The van der Waals surface area contributed by atoms with Gasteiger partial charge in [0.2, 0.25) is 0 Å². The van der Waals surface area contributed by atoms with Crippen molar-refractivity contribution < 1.29 is 64.2 Å². The zero-order valence-electron chi connectivity index (χ0n) is 46.9. The second kappa shape index (κ2) is 33.0. The van der Waals surface area contributed by atoms with Gasteiger partial charge >= 0.3 is 34.6 Å². The van der Waals surface area contributed by atoms with E-state index in [1.165, 1.54) is 90.1 Å². The van der Waals surface area contributed by atoms with Crippen molar-refractivity contribution in [1.29, 1.82) is 0 Å². The Bertz CT molecular complexity index is 4030. The van der Waals surface area contributed by atoms with Crippen LogP contribution in [0.5, 0.6) is 0 Å². The van der Waals surface area contributed by atoms with Gasteiger partial charge in [-0.3, -0.25) is 71.7 Å². The minimum Gasteiger partial charge on any atom is -0.395 e. The lowest BCUT2D eigenvalue weighted by atomic mass is 10.2. The fourth-order valence-electron chi connectivity index (χ4n) is 9.23. The second-order valence-electron chi connectivity index (χ2n) is 20.0. The number of aromatic nitrogens is 10. The van der Waals surface area contributed by atoms with Crippen LogP contribution in [0, 0.1) is 24.2 Å². The molecule has 5 saturated heterocycles. The zero-order chi connectivity index (χ0) is 67.5. The van der Waals surface area contributed by atoms with Crippen molar-refractivity contribution in [3.8, 4) is 24.2 Å². The average molecular weight is 1460 g/mol. The van der Waals surface area contributed by atoms with Gasteiger partial charge in [-0.05, 0) is 22.9 Å². The number of rotatable bonds is 10. The number of nitrogens with zero attached hydrogens (tertiary/aromatic N) is 5. The third-order valence-electron chi connectivity index (χ3n) is 13.9. The molecule has 0 bridgehead atoms. The van der Waals surface area contributed by atoms with E-state index in [0.717, 1.165) is 16.3 Å². The highest BCUT2D eigenvalue weighted by Gasteiger charge is 2.41. The minimum absolute atomic E-state index is 0.0130. The normalized spacial score (nSPS) is 27.4. The minimum atomic E-state index is -4.87. The van der Waals surface area contributed by atoms with Crippen LogP contribution in [0.1, 0.15) is 82.6 Å². The second-order valence-corrected chi connectivity index (χ2v) is 28.4. The lowest BCUT2D eigenvalue weighted by Crippen LogP contribution is -2.35. The molecule has 10 rings (SSSR count). The lowest BCUT2D eigenvalue weighted by molar-refractivity contribution is -0.139. The van der Waals surface area contributed by atoms with Gasteiger partial charge in [0.25, 0.3) is 27.8 Å². The van der Waals surface area contributed by atoms with Gasteiger partial charge in [0.05, 0.1) is 121 Å². The molecule has 5 aromatic heterocycles. The van der Waals surface area contributed by atoms with Crippen LogP contribution in [-0.4, -0.2) is 189 Å². The molecule has 0 aromatic carbocycles. The number of aliphatic hydroxyl groups is 10. The van der Waals surface area contributed by atoms with E-state index in [4.69, 9.17) is 43.6 Å². The molecule has 91 heavy (non-hydrogen) atoms. The molecule has 15 N–H and O–H groups in total. The molecular formula is C51H59BrClF3N10O20S5. The molecule has 0 unspecified atom stereocenters. The third kappa shape index (κ3) is 18.6. The van der Waals surface area contributed by atoms with Crippen molar-refractivity contribution in [3.63, 3.8) is 0 Å². The van der Waals surface area contributed by atoms with Crippen LogP contribution in [0.25, 0.3) is 0 Å². The summed E-state index contributed by atoms with van der Waals surface area (Å²) in [6.07, 6.45) is 3.91. The number of terminal acetylenes is 1. The molecule has 5 aliphatic rings. The number of hydrogen-bond acceptors (Lipinski definition) is 25. The summed E-state index contributed by atoms with van der Waals surface area (Å²) in [5.74, 6) is 7.44. The molecule has 30 nitrogen and oxygen atoms in total. The summed E-state index contributed by atoms with van der Waals surface area (Å²) in [7, 11) is 0. The molecule has 0 aliphatic carbocycles. The first-order valence-corrected chi connectivity index (χ1v) is 32.6. The third-order valence-corrected chi connectivity index (χ3v) is 22.5. The summed E-state index contributed by atoms with van der Waals surface area (Å²) in [5.41, 5.74) is -8.07. The number of aliphatic hydroxyl groups excluding tert-OH is 10. The molecule has 0 radical (unpaired) electrons. The van der Waals surface area contributed by atoms with Gasteiger partial charge in [-0.2, -0.15) is 13.2 Å². The van der Waals surface area contributed by atoms with E-state index in [1.54, 1.807) is 11.9 Å². The molecule has 5 aliphatic heterocycles. The maximum absolute atomic E-state index is 12.6. The maximum Gasteiger partial charge on any atom is 0.423 e. The number of halogens is 5. The first-order chi connectivity index (χ1) is 42.9. The van der Waals surface area contributed by atoms with Gasteiger partial charge in [-0.25, -0.2) is 24.0 Å². The molecule has 0 amide bonds. The van der Waals surface area contributed by atoms with Gasteiger partial charge in [0.1, 0.15) is 21.7 Å². The van der Waals surface area contributed by atoms with E-state index in [-0.39, 0.29) is 103 Å². The Morgan fingerprint density at radius 1 is 0.484 bits per heavy atom. The Kier molecular flexibility index (Phi) is 27.0. The van der Waals surface area contributed by atoms with Crippen molar-refractivity contribution in [2.75, 3.05) is 33.0 Å². The molecule has 10 heterocycles. The van der Waals surface area contributed by atoms with Crippen molar-refractivity contribution in [1.82, 2.24) is 47.8 Å². The van der Waals surface area contributed by atoms with E-state index < -0.39 is 109 Å². The predicted octanol–water partition coefficient (Wildman–Crippen LogP) is -2.74. The summed E-state index contributed by atoms with van der Waals surface area (Å²) in [6, 6.07) is 0. The lowest BCUT2D eigenvalue weighted by Gasteiger charge is -2.15. The maximum atomic E-state index is 12.6. The SMILES string of the molecule is C#Cc1cn([C@H]2C[C@H](O)[C@@H](CO)S2)c(=O)[nH]c1=O.CC#Cc1cn([C@H]2C[C@H](O)[C@@H](CO)S2)c(=O)[nH]c1=O.O=c1[nH]c(=O)n([C@H]2C[C@H](O)[C@@H](CO)S2)cc1Br.O=c1[nH]c(=O)n([C@H]2C[C@H](O)[C@@H](CO)S2)cc1C(F)(F)F.O=c1[nH]c(=O)n([C@H]2C[C@H](O)[C@@H](CO)S2)cc1Cl. The largest absolute Gasteiger partial charge is 0.423 e. The summed E-state index contributed by atoms with van der Waals surface area (Å²) in [6.45, 7) is 0.636. The Hall–Kier alpha value is -5.57. The van der Waals surface area contributed by atoms with E-state index in [9.17, 15) is 86.6 Å².